The molecule has 0 bridgehead atoms. The minimum Gasteiger partial charge on any atom is -0.384 e. The molecule has 6 heteroatoms. The van der Waals surface area contributed by atoms with E-state index < -0.39 is 0 Å². The van der Waals surface area contributed by atoms with E-state index in [1.165, 1.54) is 0 Å². The zero-order valence-electron chi connectivity index (χ0n) is 10.8. The quantitative estimate of drug-likeness (QED) is 0.889. The summed E-state index contributed by atoms with van der Waals surface area (Å²) in [7, 11) is 0. The van der Waals surface area contributed by atoms with Gasteiger partial charge in [-0.3, -0.25) is 0 Å². The summed E-state index contributed by atoms with van der Waals surface area (Å²) >= 11 is 1.61. The third kappa shape index (κ3) is 3.16. The number of hydrogen-bond donors (Lipinski definition) is 2. The number of thiazole rings is 1. The summed E-state index contributed by atoms with van der Waals surface area (Å²) in [6.07, 6.45) is 1.79. The molecule has 0 radical (unpaired) electrons. The van der Waals surface area contributed by atoms with Gasteiger partial charge in [-0.25, -0.2) is 15.0 Å². The van der Waals surface area contributed by atoms with E-state index in [0.29, 0.717) is 12.4 Å². The molecule has 18 heavy (non-hydrogen) atoms. The van der Waals surface area contributed by atoms with E-state index in [0.717, 1.165) is 16.6 Å². The van der Waals surface area contributed by atoms with E-state index in [1.54, 1.807) is 23.6 Å². The molecule has 2 rings (SSSR count). The van der Waals surface area contributed by atoms with E-state index in [4.69, 9.17) is 5.73 Å². The van der Waals surface area contributed by atoms with Gasteiger partial charge in [-0.05, 0) is 0 Å². The van der Waals surface area contributed by atoms with Gasteiger partial charge in [0.05, 0.1) is 6.54 Å². The second-order valence-corrected chi connectivity index (χ2v) is 6.01. The average molecular weight is 263 g/mol. The molecule has 5 nitrogen and oxygen atoms in total. The third-order valence-electron chi connectivity index (χ3n) is 2.32. The predicted octanol–water partition coefficient (Wildman–Crippen LogP) is 2.42. The SMILES string of the molecule is CC(C)(C)c1nc(N)cc(NCc2nccs2)n1. The van der Waals surface area contributed by atoms with Crippen LogP contribution in [-0.2, 0) is 12.0 Å². The number of nitrogen functional groups attached to an aromatic ring is 1. The highest BCUT2D eigenvalue weighted by molar-refractivity contribution is 7.09. The Kier molecular flexibility index (Phi) is 3.47. The van der Waals surface area contributed by atoms with Crippen molar-refractivity contribution in [3.63, 3.8) is 0 Å². The van der Waals surface area contributed by atoms with Crippen LogP contribution < -0.4 is 11.1 Å². The summed E-state index contributed by atoms with van der Waals surface area (Å²) in [6.45, 7) is 6.84. The van der Waals surface area contributed by atoms with Gasteiger partial charge in [0.15, 0.2) is 0 Å². The van der Waals surface area contributed by atoms with Crippen LogP contribution in [0.4, 0.5) is 11.6 Å². The lowest BCUT2D eigenvalue weighted by molar-refractivity contribution is 0.547. The molecular weight excluding hydrogens is 246 g/mol. The molecule has 3 N–H and O–H groups in total. The molecule has 0 fully saturated rings. The summed E-state index contributed by atoms with van der Waals surface area (Å²) in [6, 6.07) is 1.74. The van der Waals surface area contributed by atoms with Crippen molar-refractivity contribution in [2.45, 2.75) is 32.7 Å². The number of aromatic nitrogens is 3. The monoisotopic (exact) mass is 263 g/mol. The van der Waals surface area contributed by atoms with Crippen LogP contribution in [0.2, 0.25) is 0 Å². The van der Waals surface area contributed by atoms with Crippen molar-refractivity contribution in [1.82, 2.24) is 15.0 Å². The summed E-state index contributed by atoms with van der Waals surface area (Å²) < 4.78 is 0. The zero-order valence-corrected chi connectivity index (χ0v) is 11.6. The summed E-state index contributed by atoms with van der Waals surface area (Å²) in [4.78, 5) is 12.9. The first kappa shape index (κ1) is 12.8. The topological polar surface area (TPSA) is 76.7 Å². The number of hydrogen-bond acceptors (Lipinski definition) is 6. The van der Waals surface area contributed by atoms with Gasteiger partial charge in [0, 0.05) is 23.1 Å². The van der Waals surface area contributed by atoms with Gasteiger partial charge in [0.1, 0.15) is 22.5 Å². The largest absolute Gasteiger partial charge is 0.384 e. The Bertz CT molecular complexity index is 516. The van der Waals surface area contributed by atoms with Gasteiger partial charge in [-0.15, -0.1) is 11.3 Å². The molecule has 0 aliphatic carbocycles. The molecule has 96 valence electrons. The van der Waals surface area contributed by atoms with Gasteiger partial charge in [-0.2, -0.15) is 0 Å². The Morgan fingerprint density at radius 1 is 1.33 bits per heavy atom. The number of nitrogens with zero attached hydrogens (tertiary/aromatic N) is 3. The fourth-order valence-electron chi connectivity index (χ4n) is 1.40. The van der Waals surface area contributed by atoms with Crippen molar-refractivity contribution in [1.29, 1.82) is 0 Å². The van der Waals surface area contributed by atoms with Crippen LogP contribution in [0.3, 0.4) is 0 Å². The van der Waals surface area contributed by atoms with Crippen molar-refractivity contribution in [3.05, 3.63) is 28.5 Å². The highest BCUT2D eigenvalue weighted by Gasteiger charge is 2.18. The summed E-state index contributed by atoms with van der Waals surface area (Å²) in [5.41, 5.74) is 5.68. The van der Waals surface area contributed by atoms with Crippen LogP contribution in [0.15, 0.2) is 17.6 Å². The van der Waals surface area contributed by atoms with Crippen molar-refractivity contribution < 1.29 is 0 Å². The van der Waals surface area contributed by atoms with Crippen LogP contribution in [0.1, 0.15) is 31.6 Å². The van der Waals surface area contributed by atoms with Crippen LogP contribution in [0, 0.1) is 0 Å². The second-order valence-electron chi connectivity index (χ2n) is 5.03. The fraction of sp³-hybridized carbons (Fsp3) is 0.417. The first-order chi connectivity index (χ1) is 8.45. The van der Waals surface area contributed by atoms with Gasteiger partial charge < -0.3 is 11.1 Å². The zero-order chi connectivity index (χ0) is 13.2. The van der Waals surface area contributed by atoms with Crippen LogP contribution in [0.5, 0.6) is 0 Å². The summed E-state index contributed by atoms with van der Waals surface area (Å²) in [5, 5.41) is 6.19. The van der Waals surface area contributed by atoms with Crippen molar-refractivity contribution in [2.75, 3.05) is 11.1 Å². The Morgan fingerprint density at radius 2 is 2.11 bits per heavy atom. The molecule has 0 unspecified atom stereocenters. The molecule has 0 saturated carbocycles. The minimum atomic E-state index is -0.118. The molecule has 2 aromatic heterocycles. The standard InChI is InChI=1S/C12H17N5S/c1-12(2,3)11-16-8(13)6-9(17-11)15-7-10-14-4-5-18-10/h4-6H,7H2,1-3H3,(H3,13,15,16,17). The van der Waals surface area contributed by atoms with Gasteiger partial charge >= 0.3 is 0 Å². The molecular formula is C12H17N5S. The van der Waals surface area contributed by atoms with E-state index in [1.807, 2.05) is 5.38 Å². The average Bonchev–Trinajstić information content (AvgIpc) is 2.77. The van der Waals surface area contributed by atoms with Crippen molar-refractivity contribution in [2.24, 2.45) is 0 Å². The number of anilines is 2. The summed E-state index contributed by atoms with van der Waals surface area (Å²) in [5.74, 6) is 1.96. The molecule has 0 saturated heterocycles. The van der Waals surface area contributed by atoms with Crippen molar-refractivity contribution >= 4 is 23.0 Å². The predicted molar refractivity (Wildman–Crippen MR) is 74.6 cm³/mol. The maximum Gasteiger partial charge on any atom is 0.138 e. The third-order valence-corrected chi connectivity index (χ3v) is 3.10. The first-order valence-corrected chi connectivity index (χ1v) is 6.60. The number of nitrogens with two attached hydrogens (primary N) is 1. The molecule has 0 spiro atoms. The Balaban J connectivity index is 2.15. The van der Waals surface area contributed by atoms with Crippen LogP contribution >= 0.6 is 11.3 Å². The maximum atomic E-state index is 5.80. The molecule has 0 aliphatic heterocycles. The smallest absolute Gasteiger partial charge is 0.138 e. The number of rotatable bonds is 3. The molecule has 0 amide bonds. The maximum absolute atomic E-state index is 5.80. The Labute approximate surface area is 111 Å². The van der Waals surface area contributed by atoms with E-state index in [2.05, 4.69) is 41.0 Å². The molecule has 2 heterocycles. The fourth-order valence-corrected chi connectivity index (χ4v) is 1.95. The lowest BCUT2D eigenvalue weighted by atomic mass is 9.96. The van der Waals surface area contributed by atoms with Crippen molar-refractivity contribution in [3.8, 4) is 0 Å². The molecule has 0 aliphatic rings. The normalized spacial score (nSPS) is 11.5. The number of nitrogens with one attached hydrogen (secondary N) is 1. The first-order valence-electron chi connectivity index (χ1n) is 5.72. The minimum absolute atomic E-state index is 0.118. The second kappa shape index (κ2) is 4.89. The van der Waals surface area contributed by atoms with Gasteiger partial charge in [-0.1, -0.05) is 20.8 Å². The Hall–Kier alpha value is -1.69. The molecule has 0 aromatic carbocycles. The molecule has 2 aromatic rings. The highest BCUT2D eigenvalue weighted by Crippen LogP contribution is 2.21. The van der Waals surface area contributed by atoms with E-state index in [-0.39, 0.29) is 5.41 Å². The highest BCUT2D eigenvalue weighted by atomic mass is 32.1. The van der Waals surface area contributed by atoms with Gasteiger partial charge in [0.25, 0.3) is 0 Å². The van der Waals surface area contributed by atoms with E-state index in [9.17, 15) is 0 Å². The van der Waals surface area contributed by atoms with Crippen LogP contribution in [0.25, 0.3) is 0 Å². The molecule has 0 atom stereocenters. The van der Waals surface area contributed by atoms with E-state index >= 15 is 0 Å². The lowest BCUT2D eigenvalue weighted by Crippen LogP contribution is -2.18. The van der Waals surface area contributed by atoms with Crippen LogP contribution in [-0.4, -0.2) is 15.0 Å². The Morgan fingerprint density at radius 3 is 2.72 bits per heavy atom. The lowest BCUT2D eigenvalue weighted by Gasteiger charge is -2.17. The van der Waals surface area contributed by atoms with Gasteiger partial charge in [0.2, 0.25) is 0 Å².